The molecule has 2 heterocycles. The molecule has 0 atom stereocenters. The Morgan fingerprint density at radius 2 is 2.00 bits per heavy atom. The van der Waals surface area contributed by atoms with Gasteiger partial charge in [0.1, 0.15) is 23.6 Å². The Labute approximate surface area is 141 Å². The summed E-state index contributed by atoms with van der Waals surface area (Å²) in [5, 5.41) is 3.18. The molecule has 1 fully saturated rings. The Morgan fingerprint density at radius 3 is 2.75 bits per heavy atom. The van der Waals surface area contributed by atoms with Crippen LogP contribution in [0.3, 0.4) is 0 Å². The van der Waals surface area contributed by atoms with Crippen LogP contribution in [0.4, 0.5) is 11.5 Å². The average molecular weight is 326 g/mol. The topological polar surface area (TPSA) is 67.3 Å². The van der Waals surface area contributed by atoms with Crippen molar-refractivity contribution in [2.75, 3.05) is 25.5 Å². The summed E-state index contributed by atoms with van der Waals surface area (Å²) in [6.07, 6.45) is 3.50. The van der Waals surface area contributed by atoms with Crippen LogP contribution in [0.1, 0.15) is 30.3 Å². The van der Waals surface area contributed by atoms with Crippen molar-refractivity contribution in [1.82, 2.24) is 14.9 Å². The standard InChI is InChI=1S/C18H22N4O2/c1-13-7-9-22(10-8-13)18(23)15-11-17(20-12-19-15)21-14-5-3-4-6-16(14)24-2/h3-6,11-13H,7-10H2,1-2H3,(H,19,20,21). The molecule has 24 heavy (non-hydrogen) atoms. The highest BCUT2D eigenvalue weighted by Crippen LogP contribution is 2.26. The minimum atomic E-state index is -0.0348. The van der Waals surface area contributed by atoms with E-state index in [1.165, 1.54) is 6.33 Å². The Kier molecular flexibility index (Phi) is 4.93. The lowest BCUT2D eigenvalue weighted by Crippen LogP contribution is -2.38. The number of benzene rings is 1. The summed E-state index contributed by atoms with van der Waals surface area (Å²) < 4.78 is 5.32. The van der Waals surface area contributed by atoms with E-state index in [0.717, 1.165) is 31.6 Å². The first-order chi connectivity index (χ1) is 11.7. The number of aromatic nitrogens is 2. The van der Waals surface area contributed by atoms with Gasteiger partial charge in [-0.25, -0.2) is 9.97 Å². The van der Waals surface area contributed by atoms with E-state index in [-0.39, 0.29) is 5.91 Å². The van der Waals surface area contributed by atoms with Gasteiger partial charge in [-0.3, -0.25) is 4.79 Å². The maximum Gasteiger partial charge on any atom is 0.272 e. The lowest BCUT2D eigenvalue weighted by molar-refractivity contribution is 0.0691. The van der Waals surface area contributed by atoms with E-state index < -0.39 is 0 Å². The number of ether oxygens (including phenoxy) is 1. The molecule has 3 rings (SSSR count). The molecule has 1 aromatic carbocycles. The number of nitrogens with one attached hydrogen (secondary N) is 1. The molecule has 1 aliphatic rings. The first-order valence-electron chi connectivity index (χ1n) is 8.18. The predicted molar refractivity (Wildman–Crippen MR) is 92.6 cm³/mol. The van der Waals surface area contributed by atoms with E-state index in [1.54, 1.807) is 13.2 Å². The summed E-state index contributed by atoms with van der Waals surface area (Å²) in [5.74, 6) is 1.94. The number of carbonyl (C=O) groups excluding carboxylic acids is 1. The number of rotatable bonds is 4. The summed E-state index contributed by atoms with van der Waals surface area (Å²) in [6.45, 7) is 3.81. The van der Waals surface area contributed by atoms with Crippen molar-refractivity contribution in [2.24, 2.45) is 5.92 Å². The fourth-order valence-electron chi connectivity index (χ4n) is 2.80. The molecule has 0 radical (unpaired) electrons. The van der Waals surface area contributed by atoms with Crippen molar-refractivity contribution >= 4 is 17.4 Å². The molecule has 0 saturated carbocycles. The van der Waals surface area contributed by atoms with Crippen molar-refractivity contribution in [1.29, 1.82) is 0 Å². The molecule has 1 N–H and O–H groups in total. The van der Waals surface area contributed by atoms with Crippen LogP contribution in [0, 0.1) is 5.92 Å². The molecule has 0 bridgehead atoms. The van der Waals surface area contributed by atoms with E-state index in [2.05, 4.69) is 22.2 Å². The molecule has 1 aliphatic heterocycles. The molecule has 0 aliphatic carbocycles. The van der Waals surface area contributed by atoms with Crippen LogP contribution < -0.4 is 10.1 Å². The van der Waals surface area contributed by atoms with E-state index in [1.807, 2.05) is 29.2 Å². The quantitative estimate of drug-likeness (QED) is 0.935. The van der Waals surface area contributed by atoms with Gasteiger partial charge in [0.25, 0.3) is 5.91 Å². The van der Waals surface area contributed by atoms with Crippen LogP contribution in [0.5, 0.6) is 5.75 Å². The van der Waals surface area contributed by atoms with Crippen LogP contribution in [-0.2, 0) is 0 Å². The Hall–Kier alpha value is -2.63. The fraction of sp³-hybridized carbons (Fsp3) is 0.389. The molecule has 0 spiro atoms. The highest BCUT2D eigenvalue weighted by Gasteiger charge is 2.22. The SMILES string of the molecule is COc1ccccc1Nc1cc(C(=O)N2CCC(C)CC2)ncn1. The number of anilines is 2. The normalized spacial score (nSPS) is 15.2. The molecule has 0 unspecified atom stereocenters. The third-order valence-corrected chi connectivity index (χ3v) is 4.33. The zero-order chi connectivity index (χ0) is 16.9. The summed E-state index contributed by atoms with van der Waals surface area (Å²) >= 11 is 0. The van der Waals surface area contributed by atoms with Gasteiger partial charge < -0.3 is 15.0 Å². The number of para-hydroxylation sites is 2. The number of likely N-dealkylation sites (tertiary alicyclic amines) is 1. The second-order valence-corrected chi connectivity index (χ2v) is 6.09. The molecule has 126 valence electrons. The average Bonchev–Trinajstić information content (AvgIpc) is 2.62. The number of amides is 1. The van der Waals surface area contributed by atoms with E-state index in [9.17, 15) is 4.79 Å². The molecular formula is C18H22N4O2. The van der Waals surface area contributed by atoms with Crippen molar-refractivity contribution in [3.8, 4) is 5.75 Å². The third-order valence-electron chi connectivity index (χ3n) is 4.33. The van der Waals surface area contributed by atoms with Gasteiger partial charge in [0.15, 0.2) is 0 Å². The van der Waals surface area contributed by atoms with Crippen LogP contribution in [0.25, 0.3) is 0 Å². The largest absolute Gasteiger partial charge is 0.495 e. The monoisotopic (exact) mass is 326 g/mol. The smallest absolute Gasteiger partial charge is 0.272 e. The Balaban J connectivity index is 1.75. The fourth-order valence-corrected chi connectivity index (χ4v) is 2.80. The lowest BCUT2D eigenvalue weighted by Gasteiger charge is -2.30. The number of hydrogen-bond donors (Lipinski definition) is 1. The van der Waals surface area contributed by atoms with Crippen molar-refractivity contribution in [3.05, 3.63) is 42.4 Å². The second kappa shape index (κ2) is 7.29. The number of carbonyl (C=O) groups is 1. The third kappa shape index (κ3) is 3.64. The number of piperidine rings is 1. The van der Waals surface area contributed by atoms with Crippen molar-refractivity contribution < 1.29 is 9.53 Å². The maximum absolute atomic E-state index is 12.6. The Bertz CT molecular complexity index is 712. The molecule has 2 aromatic rings. The van der Waals surface area contributed by atoms with Gasteiger partial charge in [-0.1, -0.05) is 19.1 Å². The maximum atomic E-state index is 12.6. The van der Waals surface area contributed by atoms with Crippen LogP contribution in [0.15, 0.2) is 36.7 Å². The minimum absolute atomic E-state index is 0.0348. The minimum Gasteiger partial charge on any atom is -0.495 e. The molecule has 6 heteroatoms. The van der Waals surface area contributed by atoms with Crippen molar-refractivity contribution in [2.45, 2.75) is 19.8 Å². The highest BCUT2D eigenvalue weighted by molar-refractivity contribution is 5.93. The number of hydrogen-bond acceptors (Lipinski definition) is 5. The lowest BCUT2D eigenvalue weighted by atomic mass is 9.99. The van der Waals surface area contributed by atoms with E-state index >= 15 is 0 Å². The molecule has 1 saturated heterocycles. The zero-order valence-electron chi connectivity index (χ0n) is 14.0. The van der Waals surface area contributed by atoms with Gasteiger partial charge in [0, 0.05) is 19.2 Å². The van der Waals surface area contributed by atoms with E-state index in [4.69, 9.17) is 4.74 Å². The molecule has 1 aromatic heterocycles. The summed E-state index contributed by atoms with van der Waals surface area (Å²) in [7, 11) is 1.62. The van der Waals surface area contributed by atoms with Gasteiger partial charge in [-0.05, 0) is 30.9 Å². The van der Waals surface area contributed by atoms with Crippen LogP contribution in [-0.4, -0.2) is 41.0 Å². The summed E-state index contributed by atoms with van der Waals surface area (Å²) in [6, 6.07) is 9.26. The second-order valence-electron chi connectivity index (χ2n) is 6.09. The zero-order valence-corrected chi connectivity index (χ0v) is 14.0. The predicted octanol–water partition coefficient (Wildman–Crippen LogP) is 3.10. The van der Waals surface area contributed by atoms with Gasteiger partial charge in [0.2, 0.25) is 0 Å². The highest BCUT2D eigenvalue weighted by atomic mass is 16.5. The van der Waals surface area contributed by atoms with Gasteiger partial charge >= 0.3 is 0 Å². The Morgan fingerprint density at radius 1 is 1.25 bits per heavy atom. The molecular weight excluding hydrogens is 304 g/mol. The molecule has 1 amide bonds. The van der Waals surface area contributed by atoms with Gasteiger partial charge in [-0.2, -0.15) is 0 Å². The first-order valence-corrected chi connectivity index (χ1v) is 8.18. The molecule has 6 nitrogen and oxygen atoms in total. The van der Waals surface area contributed by atoms with Crippen LogP contribution in [0.2, 0.25) is 0 Å². The first kappa shape index (κ1) is 16.2. The van der Waals surface area contributed by atoms with Gasteiger partial charge in [-0.15, -0.1) is 0 Å². The van der Waals surface area contributed by atoms with Crippen LogP contribution >= 0.6 is 0 Å². The summed E-state index contributed by atoms with van der Waals surface area (Å²) in [4.78, 5) is 22.8. The summed E-state index contributed by atoms with van der Waals surface area (Å²) in [5.41, 5.74) is 1.21. The van der Waals surface area contributed by atoms with Crippen molar-refractivity contribution in [3.63, 3.8) is 0 Å². The number of methoxy groups -OCH3 is 1. The number of nitrogens with zero attached hydrogens (tertiary/aromatic N) is 3. The van der Waals surface area contributed by atoms with E-state index in [0.29, 0.717) is 23.2 Å². The van der Waals surface area contributed by atoms with Gasteiger partial charge in [0.05, 0.1) is 12.8 Å².